The van der Waals surface area contributed by atoms with Crippen molar-refractivity contribution in [1.82, 2.24) is 0 Å². The third-order valence-electron chi connectivity index (χ3n) is 3.64. The molecule has 4 heteroatoms. The van der Waals surface area contributed by atoms with Crippen LogP contribution >= 0.6 is 15.9 Å². The Kier molecular flexibility index (Phi) is 5.67. The van der Waals surface area contributed by atoms with Crippen LogP contribution in [0.2, 0.25) is 0 Å². The molecule has 2 rings (SSSR count). The van der Waals surface area contributed by atoms with Crippen molar-refractivity contribution in [3.63, 3.8) is 0 Å². The zero-order valence-electron chi connectivity index (χ0n) is 11.4. The van der Waals surface area contributed by atoms with Crippen LogP contribution in [0.25, 0.3) is 0 Å². The summed E-state index contributed by atoms with van der Waals surface area (Å²) in [4.78, 5) is 0. The standard InChI is InChI=1S/C15H22BrNO2/c1-18-12-3-2-4-13(10-12)19-14-5-6-15(16)11(9-14)7-8-17/h5-6,9,12-13H,2-4,7-8,10,17H2,1H3. The van der Waals surface area contributed by atoms with Crippen LogP contribution in [0.5, 0.6) is 5.75 Å². The maximum absolute atomic E-state index is 6.09. The van der Waals surface area contributed by atoms with Crippen molar-refractivity contribution < 1.29 is 9.47 Å². The monoisotopic (exact) mass is 327 g/mol. The lowest BCUT2D eigenvalue weighted by molar-refractivity contribution is 0.0209. The molecule has 1 fully saturated rings. The second-order valence-corrected chi connectivity index (χ2v) is 5.91. The van der Waals surface area contributed by atoms with Gasteiger partial charge in [-0.25, -0.2) is 0 Å². The number of rotatable bonds is 5. The summed E-state index contributed by atoms with van der Waals surface area (Å²) in [6.07, 6.45) is 5.90. The summed E-state index contributed by atoms with van der Waals surface area (Å²) < 4.78 is 12.6. The Balaban J connectivity index is 2.00. The van der Waals surface area contributed by atoms with Gasteiger partial charge in [0.15, 0.2) is 0 Å². The van der Waals surface area contributed by atoms with E-state index in [4.69, 9.17) is 15.2 Å². The van der Waals surface area contributed by atoms with Gasteiger partial charge in [-0.15, -0.1) is 0 Å². The summed E-state index contributed by atoms with van der Waals surface area (Å²) in [5, 5.41) is 0. The predicted molar refractivity (Wildman–Crippen MR) is 80.6 cm³/mol. The molecule has 0 saturated heterocycles. The summed E-state index contributed by atoms with van der Waals surface area (Å²) in [6, 6.07) is 6.14. The van der Waals surface area contributed by atoms with Crippen molar-refractivity contribution in [2.45, 2.75) is 44.3 Å². The van der Waals surface area contributed by atoms with E-state index >= 15 is 0 Å². The van der Waals surface area contributed by atoms with Crippen LogP contribution in [0.3, 0.4) is 0 Å². The molecule has 3 nitrogen and oxygen atoms in total. The summed E-state index contributed by atoms with van der Waals surface area (Å²) in [5.74, 6) is 0.938. The Labute approximate surface area is 123 Å². The van der Waals surface area contributed by atoms with Gasteiger partial charge in [0, 0.05) is 18.0 Å². The number of halogens is 1. The molecule has 1 aliphatic carbocycles. The molecule has 1 aromatic rings. The highest BCUT2D eigenvalue weighted by Crippen LogP contribution is 2.28. The van der Waals surface area contributed by atoms with Crippen LogP contribution in [0.15, 0.2) is 22.7 Å². The number of methoxy groups -OCH3 is 1. The highest BCUT2D eigenvalue weighted by Gasteiger charge is 2.23. The number of nitrogens with two attached hydrogens (primary N) is 1. The van der Waals surface area contributed by atoms with Crippen molar-refractivity contribution in [2.75, 3.05) is 13.7 Å². The van der Waals surface area contributed by atoms with Gasteiger partial charge >= 0.3 is 0 Å². The first-order valence-electron chi connectivity index (χ1n) is 6.91. The van der Waals surface area contributed by atoms with E-state index in [1.807, 2.05) is 12.1 Å². The predicted octanol–water partition coefficient (Wildman–Crippen LogP) is 3.29. The fourth-order valence-electron chi connectivity index (χ4n) is 2.59. The number of ether oxygens (including phenoxy) is 2. The number of hydrogen-bond donors (Lipinski definition) is 1. The average Bonchev–Trinajstić information content (AvgIpc) is 2.43. The molecule has 2 unspecified atom stereocenters. The number of hydrogen-bond acceptors (Lipinski definition) is 3. The fraction of sp³-hybridized carbons (Fsp3) is 0.600. The normalized spacial score (nSPS) is 23.3. The Hall–Kier alpha value is -0.580. The van der Waals surface area contributed by atoms with Crippen LogP contribution in [0.4, 0.5) is 0 Å². The minimum absolute atomic E-state index is 0.269. The maximum atomic E-state index is 6.09. The zero-order chi connectivity index (χ0) is 13.7. The van der Waals surface area contributed by atoms with Gasteiger partial charge in [0.05, 0.1) is 6.10 Å². The SMILES string of the molecule is COC1CCCC(Oc2ccc(Br)c(CCN)c2)C1. The van der Waals surface area contributed by atoms with E-state index in [9.17, 15) is 0 Å². The van der Waals surface area contributed by atoms with E-state index in [-0.39, 0.29) is 6.10 Å². The lowest BCUT2D eigenvalue weighted by Crippen LogP contribution is -2.29. The van der Waals surface area contributed by atoms with Gasteiger partial charge in [-0.1, -0.05) is 15.9 Å². The second kappa shape index (κ2) is 7.27. The maximum Gasteiger partial charge on any atom is 0.120 e. The second-order valence-electron chi connectivity index (χ2n) is 5.06. The molecule has 0 aliphatic heterocycles. The Morgan fingerprint density at radius 3 is 2.84 bits per heavy atom. The molecule has 0 radical (unpaired) electrons. The molecule has 0 heterocycles. The van der Waals surface area contributed by atoms with Gasteiger partial charge in [-0.05, 0) is 56.0 Å². The molecule has 0 amide bonds. The summed E-state index contributed by atoms with van der Waals surface area (Å²) >= 11 is 3.55. The summed E-state index contributed by atoms with van der Waals surface area (Å²) in [7, 11) is 1.78. The van der Waals surface area contributed by atoms with Crippen LogP contribution in [-0.2, 0) is 11.2 Å². The smallest absolute Gasteiger partial charge is 0.120 e. The average molecular weight is 328 g/mol. The third-order valence-corrected chi connectivity index (χ3v) is 4.42. The molecule has 2 N–H and O–H groups in total. The van der Waals surface area contributed by atoms with Gasteiger partial charge in [0.25, 0.3) is 0 Å². The molecule has 0 aromatic heterocycles. The molecule has 19 heavy (non-hydrogen) atoms. The highest BCUT2D eigenvalue weighted by molar-refractivity contribution is 9.10. The Morgan fingerprint density at radius 2 is 2.11 bits per heavy atom. The van der Waals surface area contributed by atoms with Crippen molar-refractivity contribution >= 4 is 15.9 Å². The minimum Gasteiger partial charge on any atom is -0.490 e. The van der Waals surface area contributed by atoms with E-state index in [2.05, 4.69) is 22.0 Å². The van der Waals surface area contributed by atoms with E-state index in [1.54, 1.807) is 7.11 Å². The summed E-state index contributed by atoms with van der Waals surface area (Å²) in [6.45, 7) is 0.650. The quantitative estimate of drug-likeness (QED) is 0.902. The number of benzene rings is 1. The molecule has 1 saturated carbocycles. The van der Waals surface area contributed by atoms with Gasteiger partial charge in [-0.2, -0.15) is 0 Å². The Morgan fingerprint density at radius 1 is 1.32 bits per heavy atom. The van der Waals surface area contributed by atoms with E-state index in [0.29, 0.717) is 12.6 Å². The lowest BCUT2D eigenvalue weighted by atomic mass is 9.95. The van der Waals surface area contributed by atoms with Crippen molar-refractivity contribution in [3.05, 3.63) is 28.2 Å². The molecular formula is C15H22BrNO2. The van der Waals surface area contributed by atoms with E-state index in [1.165, 1.54) is 12.0 Å². The minimum atomic E-state index is 0.269. The Bertz CT molecular complexity index is 411. The van der Waals surface area contributed by atoms with Crippen LogP contribution in [0, 0.1) is 0 Å². The first-order valence-corrected chi connectivity index (χ1v) is 7.70. The van der Waals surface area contributed by atoms with E-state index in [0.717, 1.165) is 35.9 Å². The highest BCUT2D eigenvalue weighted by atomic mass is 79.9. The van der Waals surface area contributed by atoms with Gasteiger partial charge < -0.3 is 15.2 Å². The van der Waals surface area contributed by atoms with Gasteiger partial charge in [0.2, 0.25) is 0 Å². The molecule has 1 aromatic carbocycles. The van der Waals surface area contributed by atoms with Crippen molar-refractivity contribution in [2.24, 2.45) is 5.73 Å². The largest absolute Gasteiger partial charge is 0.490 e. The summed E-state index contributed by atoms with van der Waals surface area (Å²) in [5.41, 5.74) is 6.83. The molecular weight excluding hydrogens is 306 g/mol. The zero-order valence-corrected chi connectivity index (χ0v) is 13.0. The van der Waals surface area contributed by atoms with Crippen LogP contribution in [-0.4, -0.2) is 25.9 Å². The van der Waals surface area contributed by atoms with Gasteiger partial charge in [0.1, 0.15) is 11.9 Å². The molecule has 0 bridgehead atoms. The first kappa shape index (κ1) is 14.8. The van der Waals surface area contributed by atoms with Gasteiger partial charge in [-0.3, -0.25) is 0 Å². The molecule has 106 valence electrons. The molecule has 1 aliphatic rings. The fourth-order valence-corrected chi connectivity index (χ4v) is 3.03. The van der Waals surface area contributed by atoms with E-state index < -0.39 is 0 Å². The van der Waals surface area contributed by atoms with Crippen LogP contribution in [0.1, 0.15) is 31.2 Å². The van der Waals surface area contributed by atoms with Crippen molar-refractivity contribution in [3.8, 4) is 5.75 Å². The topological polar surface area (TPSA) is 44.5 Å². The molecule has 0 spiro atoms. The van der Waals surface area contributed by atoms with Crippen LogP contribution < -0.4 is 10.5 Å². The third kappa shape index (κ3) is 4.20. The van der Waals surface area contributed by atoms with Crippen molar-refractivity contribution in [1.29, 1.82) is 0 Å². The lowest BCUT2D eigenvalue weighted by Gasteiger charge is -2.28. The molecule has 2 atom stereocenters. The first-order chi connectivity index (χ1) is 9.22.